The minimum Gasteiger partial charge on any atom is -0.366 e. The molecule has 1 aromatic carbocycles. The summed E-state index contributed by atoms with van der Waals surface area (Å²) in [5.41, 5.74) is 10.2. The number of thiazole rings is 1. The smallest absolute Gasteiger partial charge is 0.271 e. The van der Waals surface area contributed by atoms with Crippen LogP contribution in [0.4, 0.5) is 17.3 Å². The number of primary amides is 1. The van der Waals surface area contributed by atoms with Crippen molar-refractivity contribution in [3.05, 3.63) is 35.1 Å². The number of aryl methyl sites for hydroxylation is 1. The highest BCUT2D eigenvalue weighted by Crippen LogP contribution is 2.30. The Balaban J connectivity index is 1.32. The van der Waals surface area contributed by atoms with Crippen molar-refractivity contribution in [2.45, 2.75) is 76.8 Å². The van der Waals surface area contributed by atoms with Crippen LogP contribution in [0.25, 0.3) is 10.2 Å². The first-order valence-electron chi connectivity index (χ1n) is 12.9. The number of nitrogens with two attached hydrogens (primary N) is 1. The van der Waals surface area contributed by atoms with Crippen molar-refractivity contribution in [2.24, 2.45) is 5.73 Å². The molecule has 35 heavy (non-hydrogen) atoms. The quantitative estimate of drug-likeness (QED) is 0.420. The fraction of sp³-hybridized carbons (Fsp3) is 0.538. The second-order valence-electron chi connectivity index (χ2n) is 9.69. The molecule has 0 bridgehead atoms. The monoisotopic (exact) mass is 493 g/mol. The summed E-state index contributed by atoms with van der Waals surface area (Å²) in [5.74, 6) is 0.550. The van der Waals surface area contributed by atoms with Crippen LogP contribution in [0.1, 0.15) is 74.5 Å². The molecule has 3 aromatic rings. The molecule has 1 aliphatic carbocycles. The minimum absolute atomic E-state index is 0.168. The zero-order chi connectivity index (χ0) is 24.2. The zero-order valence-corrected chi connectivity index (χ0v) is 21.2. The van der Waals surface area contributed by atoms with Gasteiger partial charge < -0.3 is 21.3 Å². The summed E-state index contributed by atoms with van der Waals surface area (Å²) in [6, 6.07) is 6.95. The van der Waals surface area contributed by atoms with Crippen molar-refractivity contribution in [1.29, 1.82) is 0 Å². The van der Waals surface area contributed by atoms with Gasteiger partial charge >= 0.3 is 0 Å². The van der Waals surface area contributed by atoms with Gasteiger partial charge in [0.15, 0.2) is 11.5 Å². The van der Waals surface area contributed by atoms with Crippen molar-refractivity contribution >= 4 is 44.8 Å². The molecule has 9 heteroatoms. The lowest BCUT2D eigenvalue weighted by atomic mass is 9.90. The van der Waals surface area contributed by atoms with Gasteiger partial charge in [0.2, 0.25) is 0 Å². The topological polar surface area (TPSA) is 109 Å². The van der Waals surface area contributed by atoms with Crippen LogP contribution in [0, 0.1) is 0 Å². The summed E-state index contributed by atoms with van der Waals surface area (Å²) in [7, 11) is 0. The van der Waals surface area contributed by atoms with Crippen LogP contribution < -0.4 is 16.4 Å². The van der Waals surface area contributed by atoms with E-state index in [1.807, 2.05) is 30.6 Å². The molecular formula is C26H35N7OS. The molecule has 186 valence electrons. The van der Waals surface area contributed by atoms with Crippen molar-refractivity contribution < 1.29 is 4.79 Å². The molecule has 2 aliphatic rings. The van der Waals surface area contributed by atoms with Crippen molar-refractivity contribution in [1.82, 2.24) is 19.9 Å². The molecule has 1 amide bonds. The Morgan fingerprint density at radius 3 is 2.57 bits per heavy atom. The van der Waals surface area contributed by atoms with Gasteiger partial charge in [-0.15, -0.1) is 11.3 Å². The highest BCUT2D eigenvalue weighted by atomic mass is 32.1. The molecular weight excluding hydrogens is 458 g/mol. The molecule has 5 rings (SSSR count). The van der Waals surface area contributed by atoms with Crippen LogP contribution in [0.3, 0.4) is 0 Å². The molecule has 2 aromatic heterocycles. The van der Waals surface area contributed by atoms with Crippen LogP contribution in [0.2, 0.25) is 0 Å². The number of nitrogens with one attached hydrogen (secondary N) is 2. The highest BCUT2D eigenvalue weighted by molar-refractivity contribution is 7.16. The minimum atomic E-state index is -0.585. The van der Waals surface area contributed by atoms with Crippen molar-refractivity contribution in [3.8, 4) is 0 Å². The van der Waals surface area contributed by atoms with E-state index in [-0.39, 0.29) is 5.69 Å². The maximum Gasteiger partial charge on any atom is 0.271 e. The molecule has 0 atom stereocenters. The Bertz CT molecular complexity index is 1160. The SMILES string of the molecule is CCc1nc(C(N)=O)c(Nc2ccc3ncsc3c2)nc1NC1CCC(N2CCCCCC2)CC1. The Labute approximate surface area is 210 Å². The third-order valence-corrected chi connectivity index (χ3v) is 8.12. The van der Waals surface area contributed by atoms with Crippen LogP contribution in [-0.4, -0.2) is 50.9 Å². The van der Waals surface area contributed by atoms with E-state index in [0.29, 0.717) is 24.3 Å². The third-order valence-electron chi connectivity index (χ3n) is 7.32. The van der Waals surface area contributed by atoms with Gasteiger partial charge in [-0.25, -0.2) is 15.0 Å². The molecule has 1 aliphatic heterocycles. The molecule has 8 nitrogen and oxygen atoms in total. The van der Waals surface area contributed by atoms with Gasteiger partial charge in [0.1, 0.15) is 5.82 Å². The van der Waals surface area contributed by atoms with Gasteiger partial charge in [-0.05, 0) is 76.2 Å². The summed E-state index contributed by atoms with van der Waals surface area (Å²) in [6.07, 6.45) is 10.8. The van der Waals surface area contributed by atoms with E-state index < -0.39 is 5.91 Å². The number of rotatable bonds is 7. The first kappa shape index (κ1) is 23.9. The molecule has 2 fully saturated rings. The number of nitrogens with zero attached hydrogens (tertiary/aromatic N) is 4. The fourth-order valence-corrected chi connectivity index (χ4v) is 6.12. The van der Waals surface area contributed by atoms with Gasteiger partial charge in [0.25, 0.3) is 5.91 Å². The summed E-state index contributed by atoms with van der Waals surface area (Å²) in [4.78, 5) is 28.7. The predicted octanol–water partition coefficient (Wildman–Crippen LogP) is 5.09. The molecule has 1 saturated heterocycles. The molecule has 3 heterocycles. The lowest BCUT2D eigenvalue weighted by Crippen LogP contribution is -2.41. The number of carbonyl (C=O) groups is 1. The largest absolute Gasteiger partial charge is 0.366 e. The van der Waals surface area contributed by atoms with Gasteiger partial charge in [-0.1, -0.05) is 19.8 Å². The number of aromatic nitrogens is 3. The Morgan fingerprint density at radius 1 is 1.09 bits per heavy atom. The van der Waals surface area contributed by atoms with E-state index in [1.54, 1.807) is 11.3 Å². The lowest BCUT2D eigenvalue weighted by Gasteiger charge is -2.37. The Hall–Kier alpha value is -2.78. The predicted molar refractivity (Wildman–Crippen MR) is 143 cm³/mol. The number of anilines is 3. The van der Waals surface area contributed by atoms with Gasteiger partial charge in [0, 0.05) is 17.8 Å². The lowest BCUT2D eigenvalue weighted by molar-refractivity contribution is 0.0996. The second kappa shape index (κ2) is 10.9. The van der Waals surface area contributed by atoms with Gasteiger partial charge in [0.05, 0.1) is 21.4 Å². The molecule has 0 unspecified atom stereocenters. The van der Waals surface area contributed by atoms with Crippen molar-refractivity contribution in [3.63, 3.8) is 0 Å². The van der Waals surface area contributed by atoms with Crippen LogP contribution in [0.15, 0.2) is 23.7 Å². The highest BCUT2D eigenvalue weighted by Gasteiger charge is 2.27. The summed E-state index contributed by atoms with van der Waals surface area (Å²) in [5, 5.41) is 6.94. The third kappa shape index (κ3) is 5.56. The molecule has 0 spiro atoms. The fourth-order valence-electron chi connectivity index (χ4n) is 5.40. The summed E-state index contributed by atoms with van der Waals surface area (Å²) < 4.78 is 1.06. The average molecular weight is 494 g/mol. The molecule has 0 radical (unpaired) electrons. The van der Waals surface area contributed by atoms with Gasteiger partial charge in [-0.2, -0.15) is 0 Å². The van der Waals surface area contributed by atoms with E-state index in [9.17, 15) is 4.79 Å². The Kier molecular flexibility index (Phi) is 7.43. The van der Waals surface area contributed by atoms with E-state index in [2.05, 4.69) is 25.5 Å². The van der Waals surface area contributed by atoms with E-state index in [1.165, 1.54) is 51.6 Å². The van der Waals surface area contributed by atoms with E-state index >= 15 is 0 Å². The second-order valence-corrected chi connectivity index (χ2v) is 10.6. The molecule has 1 saturated carbocycles. The van der Waals surface area contributed by atoms with Crippen molar-refractivity contribution in [2.75, 3.05) is 23.7 Å². The number of hydrogen-bond acceptors (Lipinski definition) is 8. The van der Waals surface area contributed by atoms with E-state index in [4.69, 9.17) is 10.7 Å². The molecule has 4 N–H and O–H groups in total. The number of carbonyl (C=O) groups excluding carboxylic acids is 1. The number of benzene rings is 1. The maximum atomic E-state index is 12.2. The van der Waals surface area contributed by atoms with E-state index in [0.717, 1.165) is 40.3 Å². The standard InChI is InChI=1S/C26H35N7OS/c1-2-20-25(29-17-7-10-19(11-8-17)33-13-5-3-4-6-14-33)32-26(23(31-20)24(27)34)30-18-9-12-21-22(15-18)35-16-28-21/h9,12,15-17,19H,2-8,10-11,13-14H2,1H3,(H2,27,34)(H2,29,30,32). The maximum absolute atomic E-state index is 12.2. The normalized spacial score (nSPS) is 21.5. The zero-order valence-electron chi connectivity index (χ0n) is 20.4. The van der Waals surface area contributed by atoms with Gasteiger partial charge in [-0.3, -0.25) is 4.79 Å². The number of amides is 1. The average Bonchev–Trinajstić information content (AvgIpc) is 3.16. The number of likely N-dealkylation sites (tertiary alicyclic amines) is 1. The van der Waals surface area contributed by atoms with Crippen LogP contribution >= 0.6 is 11.3 Å². The summed E-state index contributed by atoms with van der Waals surface area (Å²) >= 11 is 1.57. The summed E-state index contributed by atoms with van der Waals surface area (Å²) in [6.45, 7) is 4.54. The number of hydrogen-bond donors (Lipinski definition) is 3. The van der Waals surface area contributed by atoms with Crippen LogP contribution in [0.5, 0.6) is 0 Å². The number of fused-ring (bicyclic) bond motifs is 1. The Morgan fingerprint density at radius 2 is 1.86 bits per heavy atom. The first-order valence-corrected chi connectivity index (χ1v) is 13.8. The first-order chi connectivity index (χ1) is 17.1. The van der Waals surface area contributed by atoms with Crippen LogP contribution in [-0.2, 0) is 6.42 Å².